The van der Waals surface area contributed by atoms with Gasteiger partial charge in [-0.3, -0.25) is 14.4 Å². The first-order chi connectivity index (χ1) is 12.8. The summed E-state index contributed by atoms with van der Waals surface area (Å²) in [5, 5.41) is 5.42. The third kappa shape index (κ3) is 5.40. The van der Waals surface area contributed by atoms with Crippen molar-refractivity contribution < 1.29 is 23.5 Å². The van der Waals surface area contributed by atoms with E-state index in [1.165, 1.54) is 6.92 Å². The summed E-state index contributed by atoms with van der Waals surface area (Å²) in [7, 11) is 0. The summed E-state index contributed by atoms with van der Waals surface area (Å²) < 4.78 is 10.2. The Morgan fingerprint density at radius 2 is 1.96 bits per heavy atom. The second-order valence-electron chi connectivity index (χ2n) is 6.13. The average molecular weight is 374 g/mol. The van der Waals surface area contributed by atoms with Crippen molar-refractivity contribution >= 4 is 28.8 Å². The van der Waals surface area contributed by atoms with E-state index in [4.69, 9.17) is 9.15 Å². The first-order valence-corrected chi connectivity index (χ1v) is 8.60. The van der Waals surface area contributed by atoms with Crippen molar-refractivity contribution in [3.05, 3.63) is 45.8 Å². The van der Waals surface area contributed by atoms with Gasteiger partial charge in [0.2, 0.25) is 11.7 Å². The van der Waals surface area contributed by atoms with Crippen LogP contribution in [0.3, 0.4) is 0 Å². The number of benzene rings is 1. The highest BCUT2D eigenvalue weighted by atomic mass is 16.5. The van der Waals surface area contributed by atoms with Crippen LogP contribution in [0.1, 0.15) is 36.4 Å². The Hall–Kier alpha value is -3.16. The highest BCUT2D eigenvalue weighted by Crippen LogP contribution is 2.14. The Morgan fingerprint density at radius 3 is 2.67 bits per heavy atom. The molecular formula is C19H22N2O6. The standard InChI is InChI=1S/C19H22N2O6/c1-4-7-20-18(24)12(3)21-17(23)10-26-19(25)16-9-14(22)13-8-11(2)5-6-15(13)27-16/h5-6,8-9,12H,4,7,10H2,1-3H3,(H,20,24)(H,21,23)/t12-/m0/s1. The fourth-order valence-corrected chi connectivity index (χ4v) is 2.32. The number of carbonyl (C=O) groups is 3. The van der Waals surface area contributed by atoms with E-state index in [0.717, 1.165) is 18.1 Å². The number of fused-ring (bicyclic) bond motifs is 1. The molecule has 27 heavy (non-hydrogen) atoms. The molecule has 0 radical (unpaired) electrons. The van der Waals surface area contributed by atoms with E-state index in [1.54, 1.807) is 18.2 Å². The van der Waals surface area contributed by atoms with E-state index in [1.807, 2.05) is 13.8 Å². The quantitative estimate of drug-likeness (QED) is 0.706. The van der Waals surface area contributed by atoms with Gasteiger partial charge in [-0.2, -0.15) is 0 Å². The molecule has 2 aromatic rings. The minimum Gasteiger partial charge on any atom is -0.450 e. The number of amides is 2. The van der Waals surface area contributed by atoms with Gasteiger partial charge in [0.05, 0.1) is 5.39 Å². The van der Waals surface area contributed by atoms with Crippen LogP contribution in [0.15, 0.2) is 33.5 Å². The van der Waals surface area contributed by atoms with Crippen LogP contribution in [0.2, 0.25) is 0 Å². The molecule has 2 amide bonds. The van der Waals surface area contributed by atoms with Gasteiger partial charge in [-0.25, -0.2) is 4.79 Å². The van der Waals surface area contributed by atoms with Gasteiger partial charge in [0.1, 0.15) is 11.6 Å². The summed E-state index contributed by atoms with van der Waals surface area (Å²) in [4.78, 5) is 47.7. The summed E-state index contributed by atoms with van der Waals surface area (Å²) in [6, 6.07) is 5.27. The number of ether oxygens (including phenoxy) is 1. The van der Waals surface area contributed by atoms with Gasteiger partial charge in [-0.1, -0.05) is 18.6 Å². The monoisotopic (exact) mass is 374 g/mol. The van der Waals surface area contributed by atoms with Crippen LogP contribution in [-0.4, -0.2) is 37.0 Å². The van der Waals surface area contributed by atoms with Gasteiger partial charge in [0, 0.05) is 12.6 Å². The Morgan fingerprint density at radius 1 is 1.22 bits per heavy atom. The molecule has 8 nitrogen and oxygen atoms in total. The summed E-state index contributed by atoms with van der Waals surface area (Å²) in [5.74, 6) is -2.20. The normalized spacial score (nSPS) is 11.7. The van der Waals surface area contributed by atoms with Gasteiger partial charge in [0.25, 0.3) is 5.91 Å². The fourth-order valence-electron chi connectivity index (χ4n) is 2.32. The number of aryl methyl sites for hydroxylation is 1. The second kappa shape index (κ2) is 8.98. The molecule has 0 fully saturated rings. The van der Waals surface area contributed by atoms with Crippen LogP contribution in [0.25, 0.3) is 11.0 Å². The van der Waals surface area contributed by atoms with Crippen molar-refractivity contribution in [3.63, 3.8) is 0 Å². The van der Waals surface area contributed by atoms with E-state index in [-0.39, 0.29) is 22.7 Å². The average Bonchev–Trinajstić information content (AvgIpc) is 2.64. The highest BCUT2D eigenvalue weighted by molar-refractivity contribution is 5.92. The van der Waals surface area contributed by atoms with E-state index in [2.05, 4.69) is 10.6 Å². The van der Waals surface area contributed by atoms with Gasteiger partial charge in [-0.05, 0) is 32.4 Å². The molecule has 0 bridgehead atoms. The lowest BCUT2D eigenvalue weighted by atomic mass is 10.1. The molecule has 1 aromatic carbocycles. The molecule has 144 valence electrons. The van der Waals surface area contributed by atoms with Gasteiger partial charge < -0.3 is 19.8 Å². The van der Waals surface area contributed by atoms with E-state index < -0.39 is 24.5 Å². The minimum atomic E-state index is -0.937. The Bertz CT molecular complexity index is 918. The zero-order chi connectivity index (χ0) is 20.0. The lowest BCUT2D eigenvalue weighted by Crippen LogP contribution is -2.46. The molecule has 0 aliphatic rings. The molecule has 0 spiro atoms. The molecule has 0 saturated carbocycles. The molecule has 2 rings (SSSR count). The number of rotatable bonds is 7. The SMILES string of the molecule is CCCNC(=O)[C@H](C)NC(=O)COC(=O)c1cc(=O)c2cc(C)ccc2o1. The molecule has 0 aliphatic carbocycles. The van der Waals surface area contributed by atoms with E-state index in [0.29, 0.717) is 11.9 Å². The Labute approximate surface area is 155 Å². The van der Waals surface area contributed by atoms with Crippen LogP contribution in [-0.2, 0) is 14.3 Å². The maximum atomic E-state index is 12.1. The molecule has 1 heterocycles. The fraction of sp³-hybridized carbons (Fsp3) is 0.368. The highest BCUT2D eigenvalue weighted by Gasteiger charge is 2.18. The lowest BCUT2D eigenvalue weighted by molar-refractivity contribution is -0.130. The lowest BCUT2D eigenvalue weighted by Gasteiger charge is -2.13. The minimum absolute atomic E-state index is 0.255. The van der Waals surface area contributed by atoms with Crippen molar-refractivity contribution in [3.8, 4) is 0 Å². The van der Waals surface area contributed by atoms with E-state index in [9.17, 15) is 19.2 Å². The van der Waals surface area contributed by atoms with Crippen molar-refractivity contribution in [1.82, 2.24) is 10.6 Å². The van der Waals surface area contributed by atoms with Crippen LogP contribution < -0.4 is 16.1 Å². The summed E-state index contributed by atoms with van der Waals surface area (Å²) >= 11 is 0. The molecular weight excluding hydrogens is 352 g/mol. The van der Waals surface area contributed by atoms with Crippen molar-refractivity contribution in [2.45, 2.75) is 33.2 Å². The molecule has 1 atom stereocenters. The molecule has 0 aliphatic heterocycles. The first kappa shape index (κ1) is 20.2. The molecule has 2 N–H and O–H groups in total. The zero-order valence-corrected chi connectivity index (χ0v) is 15.5. The number of esters is 1. The number of nitrogens with one attached hydrogen (secondary N) is 2. The third-order valence-electron chi connectivity index (χ3n) is 3.74. The molecule has 8 heteroatoms. The predicted octanol–water partition coefficient (Wildman–Crippen LogP) is 1.29. The van der Waals surface area contributed by atoms with Crippen molar-refractivity contribution in [2.24, 2.45) is 0 Å². The number of hydrogen-bond acceptors (Lipinski definition) is 6. The van der Waals surface area contributed by atoms with Crippen molar-refractivity contribution in [1.29, 1.82) is 0 Å². The smallest absolute Gasteiger partial charge is 0.374 e. The summed E-state index contributed by atoms with van der Waals surface area (Å²) in [6.07, 6.45) is 0.778. The Balaban J connectivity index is 1.96. The maximum absolute atomic E-state index is 12.1. The molecule has 1 aromatic heterocycles. The van der Waals surface area contributed by atoms with Gasteiger partial charge in [0.15, 0.2) is 12.0 Å². The largest absolute Gasteiger partial charge is 0.450 e. The first-order valence-electron chi connectivity index (χ1n) is 8.60. The predicted molar refractivity (Wildman–Crippen MR) is 98.4 cm³/mol. The van der Waals surface area contributed by atoms with Crippen molar-refractivity contribution in [2.75, 3.05) is 13.2 Å². The maximum Gasteiger partial charge on any atom is 0.374 e. The molecule has 0 unspecified atom stereocenters. The molecule has 0 saturated heterocycles. The topological polar surface area (TPSA) is 115 Å². The summed E-state index contributed by atoms with van der Waals surface area (Å²) in [5.41, 5.74) is 0.766. The van der Waals surface area contributed by atoms with E-state index >= 15 is 0 Å². The summed E-state index contributed by atoms with van der Waals surface area (Å²) in [6.45, 7) is 5.18. The van der Waals surface area contributed by atoms with Gasteiger partial charge >= 0.3 is 5.97 Å². The number of hydrogen-bond donors (Lipinski definition) is 2. The number of carbonyl (C=O) groups excluding carboxylic acids is 3. The second-order valence-corrected chi connectivity index (χ2v) is 6.13. The van der Waals surface area contributed by atoms with Crippen LogP contribution in [0.5, 0.6) is 0 Å². The third-order valence-corrected chi connectivity index (χ3v) is 3.74. The van der Waals surface area contributed by atoms with Crippen LogP contribution in [0.4, 0.5) is 0 Å². The van der Waals surface area contributed by atoms with Crippen LogP contribution >= 0.6 is 0 Å². The Kier molecular flexibility index (Phi) is 6.70. The van der Waals surface area contributed by atoms with Gasteiger partial charge in [-0.15, -0.1) is 0 Å². The van der Waals surface area contributed by atoms with Crippen LogP contribution in [0, 0.1) is 6.92 Å². The zero-order valence-electron chi connectivity index (χ0n) is 15.5.